The van der Waals surface area contributed by atoms with Crippen molar-refractivity contribution in [2.24, 2.45) is 11.1 Å². The highest BCUT2D eigenvalue weighted by Crippen LogP contribution is 2.26. The molecule has 3 rings (SSSR count). The highest BCUT2D eigenvalue weighted by Gasteiger charge is 2.25. The second-order valence-corrected chi connectivity index (χ2v) is 9.22. The summed E-state index contributed by atoms with van der Waals surface area (Å²) in [4.78, 5) is 27.4. The molecular weight excluding hydrogens is 460 g/mol. The minimum absolute atomic E-state index is 0.153. The van der Waals surface area contributed by atoms with E-state index in [1.165, 1.54) is 0 Å². The van der Waals surface area contributed by atoms with Gasteiger partial charge < -0.3 is 16.0 Å². The van der Waals surface area contributed by atoms with E-state index in [1.54, 1.807) is 47.4 Å². The highest BCUT2D eigenvalue weighted by atomic mass is 35.5. The molecule has 0 fully saturated rings. The Balaban J connectivity index is 1.87. The summed E-state index contributed by atoms with van der Waals surface area (Å²) in [6, 6.07) is 16.3. The van der Waals surface area contributed by atoms with Crippen LogP contribution in [0.1, 0.15) is 40.1 Å². The number of nitrogens with one attached hydrogen (secondary N) is 1. The van der Waals surface area contributed by atoms with Crippen molar-refractivity contribution in [1.82, 2.24) is 4.90 Å². The third kappa shape index (κ3) is 6.62. The Kier molecular flexibility index (Phi) is 8.02. The topological polar surface area (TPSA) is 75.4 Å². The molecule has 0 aliphatic heterocycles. The number of nitrogens with zero attached hydrogens (tertiary/aromatic N) is 1. The van der Waals surface area contributed by atoms with E-state index < -0.39 is 17.5 Å². The molecule has 0 aliphatic rings. The minimum Gasteiger partial charge on any atom is -0.334 e. The first-order valence-corrected chi connectivity index (χ1v) is 11.1. The summed E-state index contributed by atoms with van der Waals surface area (Å²) in [5.41, 5.74) is 6.92. The van der Waals surface area contributed by atoms with Crippen LogP contribution in [0.15, 0.2) is 66.7 Å². The van der Waals surface area contributed by atoms with Crippen LogP contribution in [0.4, 0.5) is 14.5 Å². The highest BCUT2D eigenvalue weighted by molar-refractivity contribution is 6.31. The van der Waals surface area contributed by atoms with E-state index in [-0.39, 0.29) is 23.4 Å². The lowest BCUT2D eigenvalue weighted by Crippen LogP contribution is -2.41. The Bertz CT molecular complexity index is 1170. The van der Waals surface area contributed by atoms with Crippen molar-refractivity contribution in [2.75, 3.05) is 18.4 Å². The number of carbonyl (C=O) groups is 2. The first-order valence-electron chi connectivity index (χ1n) is 10.7. The Morgan fingerprint density at radius 3 is 2.24 bits per heavy atom. The molecule has 0 saturated heterocycles. The molecule has 3 N–H and O–H groups in total. The third-order valence-electron chi connectivity index (χ3n) is 5.27. The lowest BCUT2D eigenvalue weighted by molar-refractivity contribution is 0.0673. The molecule has 0 unspecified atom stereocenters. The average molecular weight is 486 g/mol. The number of anilines is 1. The number of amides is 2. The fourth-order valence-electron chi connectivity index (χ4n) is 3.41. The van der Waals surface area contributed by atoms with E-state index in [9.17, 15) is 18.4 Å². The summed E-state index contributed by atoms with van der Waals surface area (Å²) < 4.78 is 27.0. The smallest absolute Gasteiger partial charge is 0.255 e. The lowest BCUT2D eigenvalue weighted by Gasteiger charge is -2.32. The van der Waals surface area contributed by atoms with Gasteiger partial charge in [-0.05, 0) is 60.0 Å². The van der Waals surface area contributed by atoms with E-state index in [0.717, 1.165) is 12.1 Å². The van der Waals surface area contributed by atoms with Crippen LogP contribution in [0.3, 0.4) is 0 Å². The molecule has 178 valence electrons. The van der Waals surface area contributed by atoms with Crippen LogP contribution in [-0.4, -0.2) is 29.8 Å². The Morgan fingerprint density at radius 1 is 0.971 bits per heavy atom. The standard InChI is InChI=1S/C26H26ClF2N3O2/c1-26(2,15-30)16-32(25(34)17-6-4-3-5-7-17)14-19-12-22(8-9-23(19)27)31-24(33)18-10-20(28)13-21(29)11-18/h3-13H,14-16,30H2,1-2H3,(H,31,33). The van der Waals surface area contributed by atoms with Gasteiger partial charge in [0.15, 0.2) is 0 Å². The molecule has 0 heterocycles. The number of benzene rings is 3. The van der Waals surface area contributed by atoms with E-state index in [1.807, 2.05) is 19.9 Å². The van der Waals surface area contributed by atoms with Gasteiger partial charge in [-0.2, -0.15) is 0 Å². The molecule has 2 amide bonds. The van der Waals surface area contributed by atoms with Crippen LogP contribution in [0, 0.1) is 17.0 Å². The summed E-state index contributed by atoms with van der Waals surface area (Å²) in [5, 5.41) is 3.03. The van der Waals surface area contributed by atoms with E-state index in [2.05, 4.69) is 5.32 Å². The van der Waals surface area contributed by atoms with Crippen LogP contribution in [0.5, 0.6) is 0 Å². The molecule has 8 heteroatoms. The Labute approximate surface area is 202 Å². The summed E-state index contributed by atoms with van der Waals surface area (Å²) >= 11 is 6.42. The van der Waals surface area contributed by atoms with Gasteiger partial charge in [-0.15, -0.1) is 0 Å². The summed E-state index contributed by atoms with van der Waals surface area (Å²) in [7, 11) is 0. The van der Waals surface area contributed by atoms with Crippen LogP contribution in [-0.2, 0) is 6.54 Å². The third-order valence-corrected chi connectivity index (χ3v) is 5.64. The first-order chi connectivity index (χ1) is 16.1. The molecule has 0 spiro atoms. The van der Waals surface area contributed by atoms with Crippen molar-refractivity contribution in [1.29, 1.82) is 0 Å². The number of carbonyl (C=O) groups excluding carboxylic acids is 2. The molecule has 34 heavy (non-hydrogen) atoms. The predicted molar refractivity (Wildman–Crippen MR) is 130 cm³/mol. The number of hydrogen-bond donors (Lipinski definition) is 2. The molecule has 0 aliphatic carbocycles. The fourth-order valence-corrected chi connectivity index (χ4v) is 3.59. The van der Waals surface area contributed by atoms with Crippen LogP contribution in [0.2, 0.25) is 5.02 Å². The van der Waals surface area contributed by atoms with Crippen molar-refractivity contribution in [3.05, 3.63) is 100 Å². The van der Waals surface area contributed by atoms with Gasteiger partial charge in [-0.25, -0.2) is 8.78 Å². The number of halogens is 3. The monoisotopic (exact) mass is 485 g/mol. The minimum atomic E-state index is -0.848. The fraction of sp³-hybridized carbons (Fsp3) is 0.231. The number of rotatable bonds is 8. The number of hydrogen-bond acceptors (Lipinski definition) is 3. The van der Waals surface area contributed by atoms with Gasteiger partial charge in [0.25, 0.3) is 11.8 Å². The largest absolute Gasteiger partial charge is 0.334 e. The Hall–Kier alpha value is -3.29. The quantitative estimate of drug-likeness (QED) is 0.442. The molecule has 5 nitrogen and oxygen atoms in total. The van der Waals surface area contributed by atoms with Crippen molar-refractivity contribution in [2.45, 2.75) is 20.4 Å². The molecule has 0 aromatic heterocycles. The SMILES string of the molecule is CC(C)(CN)CN(Cc1cc(NC(=O)c2cc(F)cc(F)c2)ccc1Cl)C(=O)c1ccccc1. The molecule has 0 atom stereocenters. The predicted octanol–water partition coefficient (Wildman–Crippen LogP) is 5.50. The van der Waals surface area contributed by atoms with Gasteiger partial charge in [0.05, 0.1) is 0 Å². The van der Waals surface area contributed by atoms with Gasteiger partial charge in [-0.3, -0.25) is 9.59 Å². The lowest BCUT2D eigenvalue weighted by atomic mass is 9.92. The summed E-state index contributed by atoms with van der Waals surface area (Å²) in [5.74, 6) is -2.55. The molecule has 3 aromatic carbocycles. The van der Waals surface area contributed by atoms with Gasteiger partial charge in [-0.1, -0.05) is 43.6 Å². The zero-order valence-electron chi connectivity index (χ0n) is 18.9. The summed E-state index contributed by atoms with van der Waals surface area (Å²) in [6.07, 6.45) is 0. The number of nitrogens with two attached hydrogens (primary N) is 1. The zero-order chi connectivity index (χ0) is 24.9. The second kappa shape index (κ2) is 10.8. The van der Waals surface area contributed by atoms with Crippen molar-refractivity contribution < 1.29 is 18.4 Å². The maximum Gasteiger partial charge on any atom is 0.255 e. The molecule has 3 aromatic rings. The van der Waals surface area contributed by atoms with Gasteiger partial charge >= 0.3 is 0 Å². The molecule has 0 bridgehead atoms. The summed E-state index contributed by atoms with van der Waals surface area (Å²) in [6.45, 7) is 4.86. The van der Waals surface area contributed by atoms with Crippen LogP contribution in [0.25, 0.3) is 0 Å². The second-order valence-electron chi connectivity index (χ2n) is 8.81. The maximum absolute atomic E-state index is 13.5. The molecule has 0 saturated carbocycles. The van der Waals surface area contributed by atoms with E-state index in [0.29, 0.717) is 41.0 Å². The zero-order valence-corrected chi connectivity index (χ0v) is 19.7. The molecular formula is C26H26ClF2N3O2. The van der Waals surface area contributed by atoms with Gasteiger partial charge in [0.2, 0.25) is 0 Å². The van der Waals surface area contributed by atoms with Crippen molar-refractivity contribution in [3.63, 3.8) is 0 Å². The van der Waals surface area contributed by atoms with E-state index in [4.69, 9.17) is 17.3 Å². The van der Waals surface area contributed by atoms with E-state index >= 15 is 0 Å². The van der Waals surface area contributed by atoms with Crippen molar-refractivity contribution in [3.8, 4) is 0 Å². The first kappa shape index (κ1) is 25.3. The maximum atomic E-state index is 13.5. The van der Waals surface area contributed by atoms with Crippen molar-refractivity contribution >= 4 is 29.1 Å². The molecule has 0 radical (unpaired) electrons. The van der Waals surface area contributed by atoms with Gasteiger partial charge in [0, 0.05) is 41.0 Å². The average Bonchev–Trinajstić information content (AvgIpc) is 2.80. The van der Waals surface area contributed by atoms with Gasteiger partial charge in [0.1, 0.15) is 11.6 Å². The normalized spacial score (nSPS) is 11.2. The Morgan fingerprint density at radius 2 is 1.62 bits per heavy atom. The van der Waals surface area contributed by atoms with Crippen LogP contribution < -0.4 is 11.1 Å². The van der Waals surface area contributed by atoms with Crippen LogP contribution >= 0.6 is 11.6 Å².